The summed E-state index contributed by atoms with van der Waals surface area (Å²) in [7, 11) is 0. The first kappa shape index (κ1) is 14.0. The van der Waals surface area contributed by atoms with Crippen molar-refractivity contribution in [2.75, 3.05) is 13.1 Å². The first-order valence-electron chi connectivity index (χ1n) is 8.14. The molecule has 2 aliphatic rings. The van der Waals surface area contributed by atoms with E-state index >= 15 is 0 Å². The number of nitrogens with one attached hydrogen (secondary N) is 1. The smallest absolute Gasteiger partial charge is 0.0271 e. The molecule has 2 heterocycles. The molecule has 1 saturated carbocycles. The zero-order chi connectivity index (χ0) is 13.9. The van der Waals surface area contributed by atoms with Crippen molar-refractivity contribution in [1.82, 2.24) is 15.2 Å². The van der Waals surface area contributed by atoms with Gasteiger partial charge in [0.1, 0.15) is 0 Å². The van der Waals surface area contributed by atoms with Crippen molar-refractivity contribution in [3.63, 3.8) is 0 Å². The van der Waals surface area contributed by atoms with Crippen LogP contribution < -0.4 is 5.32 Å². The fourth-order valence-electron chi connectivity index (χ4n) is 3.37. The molecule has 0 spiro atoms. The predicted molar refractivity (Wildman–Crippen MR) is 82.4 cm³/mol. The lowest BCUT2D eigenvalue weighted by molar-refractivity contribution is 0.0891. The third-order valence-corrected chi connectivity index (χ3v) is 5.12. The summed E-state index contributed by atoms with van der Waals surface area (Å²) in [4.78, 5) is 6.85. The van der Waals surface area contributed by atoms with Gasteiger partial charge in [-0.05, 0) is 42.4 Å². The van der Waals surface area contributed by atoms with Crippen molar-refractivity contribution in [3.05, 3.63) is 30.1 Å². The minimum Gasteiger partial charge on any atom is -0.311 e. The third-order valence-electron chi connectivity index (χ3n) is 5.12. The van der Waals surface area contributed by atoms with Crippen LogP contribution in [0.25, 0.3) is 0 Å². The van der Waals surface area contributed by atoms with Crippen LogP contribution in [-0.4, -0.2) is 35.1 Å². The van der Waals surface area contributed by atoms with Crippen LogP contribution in [0.2, 0.25) is 0 Å². The van der Waals surface area contributed by atoms with E-state index in [0.717, 1.165) is 24.4 Å². The molecule has 3 rings (SSSR count). The van der Waals surface area contributed by atoms with Crippen molar-refractivity contribution in [2.24, 2.45) is 11.8 Å². The van der Waals surface area contributed by atoms with E-state index in [4.69, 9.17) is 0 Å². The Kier molecular flexibility index (Phi) is 4.37. The van der Waals surface area contributed by atoms with E-state index in [2.05, 4.69) is 41.2 Å². The Morgan fingerprint density at radius 1 is 1.35 bits per heavy atom. The highest BCUT2D eigenvalue weighted by molar-refractivity contribution is 5.11. The molecule has 1 saturated heterocycles. The molecule has 1 aliphatic carbocycles. The summed E-state index contributed by atoms with van der Waals surface area (Å²) in [5.41, 5.74) is 1.40. The molecule has 3 atom stereocenters. The Hall–Kier alpha value is -0.930. The molecular formula is C17H27N3. The van der Waals surface area contributed by atoms with Gasteiger partial charge in [-0.3, -0.25) is 9.88 Å². The Morgan fingerprint density at radius 3 is 2.75 bits per heavy atom. The van der Waals surface area contributed by atoms with Crippen LogP contribution in [0.1, 0.15) is 38.7 Å². The lowest BCUT2D eigenvalue weighted by Gasteiger charge is -2.42. The first-order valence-corrected chi connectivity index (χ1v) is 8.14. The zero-order valence-electron chi connectivity index (χ0n) is 12.8. The second kappa shape index (κ2) is 6.23. The summed E-state index contributed by atoms with van der Waals surface area (Å²) in [6, 6.07) is 5.70. The Morgan fingerprint density at radius 2 is 2.10 bits per heavy atom. The molecule has 3 heteroatoms. The number of piperazine rings is 1. The van der Waals surface area contributed by atoms with Gasteiger partial charge in [0.25, 0.3) is 0 Å². The van der Waals surface area contributed by atoms with Gasteiger partial charge in [0, 0.05) is 44.1 Å². The zero-order valence-corrected chi connectivity index (χ0v) is 12.8. The number of nitrogens with zero attached hydrogens (tertiary/aromatic N) is 2. The van der Waals surface area contributed by atoms with Crippen LogP contribution in [0.3, 0.4) is 0 Å². The lowest BCUT2D eigenvalue weighted by atomic mass is 9.94. The largest absolute Gasteiger partial charge is 0.311 e. The van der Waals surface area contributed by atoms with Crippen LogP contribution in [0.5, 0.6) is 0 Å². The Labute approximate surface area is 122 Å². The lowest BCUT2D eigenvalue weighted by Crippen LogP contribution is -2.58. The van der Waals surface area contributed by atoms with E-state index in [1.54, 1.807) is 0 Å². The highest BCUT2D eigenvalue weighted by atomic mass is 15.2. The number of aromatic nitrogens is 1. The fraction of sp³-hybridized carbons (Fsp3) is 0.706. The predicted octanol–water partition coefficient (Wildman–Crippen LogP) is 2.68. The number of rotatable bonds is 5. The maximum Gasteiger partial charge on any atom is 0.0271 e. The molecule has 0 bridgehead atoms. The maximum absolute atomic E-state index is 4.13. The molecule has 1 aromatic rings. The molecule has 1 N–H and O–H groups in total. The van der Waals surface area contributed by atoms with E-state index in [-0.39, 0.29) is 0 Å². The minimum absolute atomic E-state index is 0.650. The summed E-state index contributed by atoms with van der Waals surface area (Å²) in [6.45, 7) is 8.12. The molecule has 0 aromatic carbocycles. The van der Waals surface area contributed by atoms with Crippen LogP contribution in [0.4, 0.5) is 0 Å². The molecule has 1 aliphatic heterocycles. The van der Waals surface area contributed by atoms with E-state index in [1.807, 2.05) is 12.4 Å². The summed E-state index contributed by atoms with van der Waals surface area (Å²) >= 11 is 0. The van der Waals surface area contributed by atoms with Crippen molar-refractivity contribution >= 4 is 0 Å². The van der Waals surface area contributed by atoms with E-state index < -0.39 is 0 Å². The van der Waals surface area contributed by atoms with Crippen molar-refractivity contribution in [1.29, 1.82) is 0 Å². The second-order valence-corrected chi connectivity index (χ2v) is 6.59. The van der Waals surface area contributed by atoms with Gasteiger partial charge in [0.05, 0.1) is 0 Å². The molecule has 2 fully saturated rings. The molecule has 3 unspecified atom stereocenters. The van der Waals surface area contributed by atoms with Crippen molar-refractivity contribution in [3.8, 4) is 0 Å². The minimum atomic E-state index is 0.650. The summed E-state index contributed by atoms with van der Waals surface area (Å²) in [5, 5.41) is 3.80. The monoisotopic (exact) mass is 273 g/mol. The Balaban J connectivity index is 1.68. The standard InChI is InChI=1S/C17H27N3/c1-3-13(2)16-12-20(11-14-6-8-18-9-7-14)17(10-19-16)15-4-5-15/h6-9,13,15-17,19H,3-5,10-12H2,1-2H3. The highest BCUT2D eigenvalue weighted by Crippen LogP contribution is 2.37. The van der Waals surface area contributed by atoms with E-state index in [0.29, 0.717) is 6.04 Å². The average molecular weight is 273 g/mol. The van der Waals surface area contributed by atoms with Gasteiger partial charge >= 0.3 is 0 Å². The van der Waals surface area contributed by atoms with Gasteiger partial charge in [-0.1, -0.05) is 20.3 Å². The maximum atomic E-state index is 4.13. The van der Waals surface area contributed by atoms with Crippen LogP contribution >= 0.6 is 0 Å². The SMILES string of the molecule is CCC(C)C1CN(Cc2ccncc2)C(C2CC2)CN1. The molecule has 0 radical (unpaired) electrons. The summed E-state index contributed by atoms with van der Waals surface area (Å²) < 4.78 is 0. The average Bonchev–Trinajstić information content (AvgIpc) is 3.32. The van der Waals surface area contributed by atoms with E-state index in [9.17, 15) is 0 Å². The van der Waals surface area contributed by atoms with Gasteiger partial charge in [-0.25, -0.2) is 0 Å². The Bertz CT molecular complexity index is 416. The van der Waals surface area contributed by atoms with Crippen molar-refractivity contribution in [2.45, 2.75) is 51.7 Å². The van der Waals surface area contributed by atoms with Crippen molar-refractivity contribution < 1.29 is 0 Å². The molecular weight excluding hydrogens is 246 g/mol. The highest BCUT2D eigenvalue weighted by Gasteiger charge is 2.39. The van der Waals surface area contributed by atoms with Gasteiger partial charge in [-0.2, -0.15) is 0 Å². The number of hydrogen-bond donors (Lipinski definition) is 1. The molecule has 1 aromatic heterocycles. The summed E-state index contributed by atoms with van der Waals surface area (Å²) in [5.74, 6) is 1.69. The molecule has 3 nitrogen and oxygen atoms in total. The number of pyridine rings is 1. The number of hydrogen-bond acceptors (Lipinski definition) is 3. The molecule has 20 heavy (non-hydrogen) atoms. The topological polar surface area (TPSA) is 28.2 Å². The second-order valence-electron chi connectivity index (χ2n) is 6.59. The van der Waals surface area contributed by atoms with Gasteiger partial charge in [0.2, 0.25) is 0 Å². The van der Waals surface area contributed by atoms with Crippen LogP contribution in [0.15, 0.2) is 24.5 Å². The van der Waals surface area contributed by atoms with Crippen LogP contribution in [0, 0.1) is 11.8 Å². The summed E-state index contributed by atoms with van der Waals surface area (Å²) in [6.07, 6.45) is 7.93. The van der Waals surface area contributed by atoms with Gasteiger partial charge < -0.3 is 5.32 Å². The van der Waals surface area contributed by atoms with Gasteiger partial charge in [-0.15, -0.1) is 0 Å². The normalized spacial score (nSPS) is 29.3. The van der Waals surface area contributed by atoms with Crippen LogP contribution in [-0.2, 0) is 6.54 Å². The molecule has 110 valence electrons. The third kappa shape index (κ3) is 3.21. The fourth-order valence-corrected chi connectivity index (χ4v) is 3.37. The molecule has 0 amide bonds. The quantitative estimate of drug-likeness (QED) is 0.894. The first-order chi connectivity index (χ1) is 9.78. The van der Waals surface area contributed by atoms with E-state index in [1.165, 1.54) is 37.9 Å². The van der Waals surface area contributed by atoms with Gasteiger partial charge in [0.15, 0.2) is 0 Å².